The summed E-state index contributed by atoms with van der Waals surface area (Å²) >= 11 is 0. The Balaban J connectivity index is 1.95. The number of likely N-dealkylation sites (tertiary alicyclic amines) is 1. The van der Waals surface area contributed by atoms with Gasteiger partial charge in [-0.25, -0.2) is 0 Å². The van der Waals surface area contributed by atoms with E-state index in [2.05, 4.69) is 6.58 Å². The lowest BCUT2D eigenvalue weighted by molar-refractivity contribution is -0.141. The third kappa shape index (κ3) is 4.58. The predicted octanol–water partition coefficient (Wildman–Crippen LogP) is 2.95. The maximum atomic E-state index is 12.1. The van der Waals surface area contributed by atoms with Crippen molar-refractivity contribution in [2.45, 2.75) is 38.6 Å². The van der Waals surface area contributed by atoms with Gasteiger partial charge in [0.2, 0.25) is 5.91 Å². The van der Waals surface area contributed by atoms with Gasteiger partial charge in [-0.2, -0.15) is 0 Å². The fourth-order valence-corrected chi connectivity index (χ4v) is 2.83. The zero-order chi connectivity index (χ0) is 16.8. The fourth-order valence-electron chi connectivity index (χ4n) is 2.83. The molecule has 1 aliphatic rings. The highest BCUT2D eigenvalue weighted by Gasteiger charge is 2.29. The van der Waals surface area contributed by atoms with Gasteiger partial charge < -0.3 is 14.7 Å². The highest BCUT2D eigenvalue weighted by atomic mass is 16.5. The van der Waals surface area contributed by atoms with Gasteiger partial charge in [-0.3, -0.25) is 9.59 Å². The topological polar surface area (TPSA) is 66.8 Å². The van der Waals surface area contributed by atoms with Gasteiger partial charge in [-0.15, -0.1) is 0 Å². The van der Waals surface area contributed by atoms with Crippen LogP contribution in [0.15, 0.2) is 30.8 Å². The number of rotatable bonds is 7. The molecule has 1 atom stereocenters. The number of aliphatic carboxylic acids is 1. The molecule has 1 heterocycles. The molecule has 5 nitrogen and oxygen atoms in total. The summed E-state index contributed by atoms with van der Waals surface area (Å²) in [5.74, 6) is -0.280. The monoisotopic (exact) mass is 317 g/mol. The fraction of sp³-hybridized carbons (Fsp3) is 0.444. The number of carbonyl (C=O) groups is 2. The zero-order valence-corrected chi connectivity index (χ0v) is 13.5. The maximum absolute atomic E-state index is 12.1. The van der Waals surface area contributed by atoms with Gasteiger partial charge in [0.25, 0.3) is 0 Å². The minimum Gasteiger partial charge on any atom is -0.491 e. The molecule has 1 unspecified atom stereocenters. The largest absolute Gasteiger partial charge is 0.491 e. The van der Waals surface area contributed by atoms with Crippen molar-refractivity contribution in [2.75, 3.05) is 13.2 Å². The highest BCUT2D eigenvalue weighted by molar-refractivity contribution is 5.81. The number of amides is 1. The minimum absolute atomic E-state index is 0.00877. The van der Waals surface area contributed by atoms with Crippen LogP contribution in [0.4, 0.5) is 0 Å². The van der Waals surface area contributed by atoms with Crippen molar-refractivity contribution < 1.29 is 19.4 Å². The molecule has 1 aromatic rings. The standard InChI is InChI=1S/C18H23NO4/c1-13(2)15-7-3-4-8-16(15)23-12-14-6-5-11-19(14)17(20)9-10-18(21)22/h3-4,7-8,14H,1,5-6,9-12H2,2H3,(H,21,22). The van der Waals surface area contributed by atoms with Crippen molar-refractivity contribution in [3.63, 3.8) is 0 Å². The highest BCUT2D eigenvalue weighted by Crippen LogP contribution is 2.26. The van der Waals surface area contributed by atoms with E-state index in [1.807, 2.05) is 31.2 Å². The SMILES string of the molecule is C=C(C)c1ccccc1OCC1CCCN1C(=O)CCC(=O)O. The first-order valence-electron chi connectivity index (χ1n) is 7.88. The quantitative estimate of drug-likeness (QED) is 0.839. The Morgan fingerprint density at radius 3 is 2.78 bits per heavy atom. The predicted molar refractivity (Wildman–Crippen MR) is 88.2 cm³/mol. The lowest BCUT2D eigenvalue weighted by Crippen LogP contribution is -2.39. The van der Waals surface area contributed by atoms with Crippen LogP contribution in [-0.2, 0) is 9.59 Å². The summed E-state index contributed by atoms with van der Waals surface area (Å²) in [5, 5.41) is 8.70. The zero-order valence-electron chi connectivity index (χ0n) is 13.5. The van der Waals surface area contributed by atoms with Crippen molar-refractivity contribution in [2.24, 2.45) is 0 Å². The molecule has 2 rings (SSSR count). The number of ether oxygens (including phenoxy) is 1. The summed E-state index contributed by atoms with van der Waals surface area (Å²) in [5.41, 5.74) is 1.90. The maximum Gasteiger partial charge on any atom is 0.303 e. The molecule has 0 aromatic heterocycles. The number of para-hydroxylation sites is 1. The van der Waals surface area contributed by atoms with E-state index in [0.717, 1.165) is 29.7 Å². The van der Waals surface area contributed by atoms with Crippen LogP contribution in [0.25, 0.3) is 5.57 Å². The van der Waals surface area contributed by atoms with Crippen LogP contribution in [0, 0.1) is 0 Å². The number of benzene rings is 1. The molecule has 23 heavy (non-hydrogen) atoms. The molecular formula is C18H23NO4. The van der Waals surface area contributed by atoms with E-state index in [0.29, 0.717) is 13.2 Å². The molecule has 1 amide bonds. The number of carbonyl (C=O) groups excluding carboxylic acids is 1. The molecule has 124 valence electrons. The number of allylic oxidation sites excluding steroid dienone is 1. The van der Waals surface area contributed by atoms with Gasteiger partial charge >= 0.3 is 5.97 Å². The van der Waals surface area contributed by atoms with Crippen molar-refractivity contribution in [1.82, 2.24) is 4.90 Å². The number of hydrogen-bond acceptors (Lipinski definition) is 3. The molecule has 1 saturated heterocycles. The van der Waals surface area contributed by atoms with Crippen molar-refractivity contribution >= 4 is 17.4 Å². The number of carboxylic acids is 1. The van der Waals surface area contributed by atoms with Crippen molar-refractivity contribution in [3.05, 3.63) is 36.4 Å². The Labute approximate surface area is 136 Å². The van der Waals surface area contributed by atoms with E-state index in [1.54, 1.807) is 4.90 Å². The molecule has 1 aliphatic heterocycles. The summed E-state index contributed by atoms with van der Waals surface area (Å²) in [6.07, 6.45) is 1.73. The van der Waals surface area contributed by atoms with Gasteiger partial charge in [0, 0.05) is 18.5 Å². The van der Waals surface area contributed by atoms with Crippen LogP contribution >= 0.6 is 0 Å². The molecule has 0 radical (unpaired) electrons. The Kier molecular flexibility index (Phi) is 5.79. The average molecular weight is 317 g/mol. The van der Waals surface area contributed by atoms with Gasteiger partial charge in [0.05, 0.1) is 12.5 Å². The molecule has 0 spiro atoms. The smallest absolute Gasteiger partial charge is 0.303 e. The van der Waals surface area contributed by atoms with Crippen LogP contribution in [0.3, 0.4) is 0 Å². The van der Waals surface area contributed by atoms with Crippen LogP contribution in [0.5, 0.6) is 5.75 Å². The summed E-state index contributed by atoms with van der Waals surface area (Å²) in [7, 11) is 0. The van der Waals surface area contributed by atoms with E-state index in [-0.39, 0.29) is 24.8 Å². The number of carboxylic acid groups (broad SMARTS) is 1. The van der Waals surface area contributed by atoms with E-state index < -0.39 is 5.97 Å². The van der Waals surface area contributed by atoms with Gasteiger partial charge in [0.1, 0.15) is 12.4 Å². The second kappa shape index (κ2) is 7.81. The second-order valence-corrected chi connectivity index (χ2v) is 5.86. The van der Waals surface area contributed by atoms with E-state index in [4.69, 9.17) is 9.84 Å². The first-order chi connectivity index (χ1) is 11.0. The summed E-state index contributed by atoms with van der Waals surface area (Å²) in [6, 6.07) is 7.72. The summed E-state index contributed by atoms with van der Waals surface area (Å²) < 4.78 is 5.92. The van der Waals surface area contributed by atoms with E-state index in [9.17, 15) is 9.59 Å². The van der Waals surface area contributed by atoms with Crippen LogP contribution in [0.2, 0.25) is 0 Å². The first-order valence-corrected chi connectivity index (χ1v) is 7.88. The van der Waals surface area contributed by atoms with Gasteiger partial charge in [-0.05, 0) is 31.4 Å². The minimum atomic E-state index is -0.944. The number of hydrogen-bond donors (Lipinski definition) is 1. The van der Waals surface area contributed by atoms with Crippen LogP contribution < -0.4 is 4.74 Å². The molecule has 5 heteroatoms. The number of nitrogens with zero attached hydrogens (tertiary/aromatic N) is 1. The first kappa shape index (κ1) is 17.1. The lowest BCUT2D eigenvalue weighted by Gasteiger charge is -2.25. The molecule has 0 saturated carbocycles. The van der Waals surface area contributed by atoms with Crippen molar-refractivity contribution in [1.29, 1.82) is 0 Å². The average Bonchev–Trinajstić information content (AvgIpc) is 2.99. The molecule has 1 fully saturated rings. The summed E-state index contributed by atoms with van der Waals surface area (Å²) in [6.45, 7) is 6.97. The Morgan fingerprint density at radius 2 is 2.09 bits per heavy atom. The van der Waals surface area contributed by atoms with E-state index in [1.165, 1.54) is 0 Å². The van der Waals surface area contributed by atoms with Crippen LogP contribution in [0.1, 0.15) is 38.2 Å². The Morgan fingerprint density at radius 1 is 1.35 bits per heavy atom. The third-order valence-corrected chi connectivity index (χ3v) is 4.03. The van der Waals surface area contributed by atoms with Gasteiger partial charge in [0.15, 0.2) is 0 Å². The summed E-state index contributed by atoms with van der Waals surface area (Å²) in [4.78, 5) is 24.5. The lowest BCUT2D eigenvalue weighted by atomic mass is 10.1. The second-order valence-electron chi connectivity index (χ2n) is 5.86. The molecular weight excluding hydrogens is 294 g/mol. The van der Waals surface area contributed by atoms with Crippen LogP contribution in [-0.4, -0.2) is 41.1 Å². The third-order valence-electron chi connectivity index (χ3n) is 4.03. The molecule has 1 aromatic carbocycles. The molecule has 0 bridgehead atoms. The van der Waals surface area contributed by atoms with E-state index >= 15 is 0 Å². The molecule has 1 N–H and O–H groups in total. The Hall–Kier alpha value is -2.30. The normalized spacial score (nSPS) is 17.1. The molecule has 0 aliphatic carbocycles. The van der Waals surface area contributed by atoms with Crippen molar-refractivity contribution in [3.8, 4) is 5.75 Å². The Bertz CT molecular complexity index is 596. The van der Waals surface area contributed by atoms with Gasteiger partial charge in [-0.1, -0.05) is 24.8 Å².